The smallest absolute Gasteiger partial charge is 0.222 e. The molecule has 1 heterocycles. The summed E-state index contributed by atoms with van der Waals surface area (Å²) in [4.78, 5) is 7.97. The Balaban J connectivity index is 2.66. The number of ether oxygens (including phenoxy) is 1. The fourth-order valence-electron chi connectivity index (χ4n) is 1.88. The Hall–Kier alpha value is -2.81. The SMILES string of the molecule is CC(C)(C)Oc1ccccc1-c1nc(N)nc(N)c1C#N. The normalized spacial score (nSPS) is 11.0. The third-order valence-electron chi connectivity index (χ3n) is 2.62. The quantitative estimate of drug-likeness (QED) is 0.875. The van der Waals surface area contributed by atoms with Gasteiger partial charge in [0.1, 0.15) is 28.8 Å². The molecule has 4 N–H and O–H groups in total. The van der Waals surface area contributed by atoms with Crippen LogP contribution in [0.15, 0.2) is 24.3 Å². The number of rotatable bonds is 2. The maximum atomic E-state index is 9.28. The monoisotopic (exact) mass is 283 g/mol. The average molecular weight is 283 g/mol. The van der Waals surface area contributed by atoms with Crippen LogP contribution < -0.4 is 16.2 Å². The lowest BCUT2D eigenvalue weighted by Crippen LogP contribution is -2.23. The van der Waals surface area contributed by atoms with Crippen LogP contribution in [0.5, 0.6) is 5.75 Å². The number of hydrogen-bond acceptors (Lipinski definition) is 6. The summed E-state index contributed by atoms with van der Waals surface area (Å²) in [7, 11) is 0. The van der Waals surface area contributed by atoms with Gasteiger partial charge in [0.15, 0.2) is 0 Å². The summed E-state index contributed by atoms with van der Waals surface area (Å²) in [6.45, 7) is 5.83. The molecule has 0 amide bonds. The maximum Gasteiger partial charge on any atom is 0.222 e. The Bertz CT molecular complexity index is 713. The first-order chi connectivity index (χ1) is 9.81. The van der Waals surface area contributed by atoms with Crippen LogP contribution in [0, 0.1) is 11.3 Å². The Morgan fingerprint density at radius 1 is 1.14 bits per heavy atom. The van der Waals surface area contributed by atoms with Gasteiger partial charge in [-0.05, 0) is 32.9 Å². The molecule has 0 atom stereocenters. The van der Waals surface area contributed by atoms with E-state index in [4.69, 9.17) is 16.2 Å². The predicted molar refractivity (Wildman–Crippen MR) is 81.4 cm³/mol. The van der Waals surface area contributed by atoms with E-state index in [0.717, 1.165) is 0 Å². The lowest BCUT2D eigenvalue weighted by Gasteiger charge is -2.23. The number of para-hydroxylation sites is 1. The number of hydrogen-bond donors (Lipinski definition) is 2. The van der Waals surface area contributed by atoms with E-state index in [1.54, 1.807) is 0 Å². The van der Waals surface area contributed by atoms with Gasteiger partial charge in [-0.2, -0.15) is 10.2 Å². The second-order valence-electron chi connectivity index (χ2n) is 5.51. The van der Waals surface area contributed by atoms with Gasteiger partial charge in [-0.25, -0.2) is 4.98 Å². The van der Waals surface area contributed by atoms with Gasteiger partial charge in [0.05, 0.1) is 5.69 Å². The summed E-state index contributed by atoms with van der Waals surface area (Å²) in [5.41, 5.74) is 12.2. The van der Waals surface area contributed by atoms with Crippen LogP contribution in [-0.4, -0.2) is 15.6 Å². The lowest BCUT2D eigenvalue weighted by atomic mass is 10.1. The summed E-state index contributed by atoms with van der Waals surface area (Å²) in [5, 5.41) is 9.28. The summed E-state index contributed by atoms with van der Waals surface area (Å²) in [6, 6.07) is 9.33. The fourth-order valence-corrected chi connectivity index (χ4v) is 1.88. The van der Waals surface area contributed by atoms with E-state index in [0.29, 0.717) is 17.0 Å². The Labute approximate surface area is 123 Å². The van der Waals surface area contributed by atoms with Gasteiger partial charge >= 0.3 is 0 Å². The fraction of sp³-hybridized carbons (Fsp3) is 0.267. The van der Waals surface area contributed by atoms with Gasteiger partial charge in [0.25, 0.3) is 0 Å². The summed E-state index contributed by atoms with van der Waals surface area (Å²) >= 11 is 0. The van der Waals surface area contributed by atoms with Gasteiger partial charge in [0, 0.05) is 5.56 Å². The standard InChI is InChI=1S/C15H17N5O/c1-15(2,3)21-11-7-5-4-6-9(11)12-10(8-16)13(17)20-14(18)19-12/h4-7H,1-3H3,(H4,17,18,19,20). The number of aromatic nitrogens is 2. The Morgan fingerprint density at radius 2 is 1.81 bits per heavy atom. The van der Waals surface area contributed by atoms with Crippen molar-refractivity contribution < 1.29 is 4.74 Å². The third kappa shape index (κ3) is 3.20. The van der Waals surface area contributed by atoms with Crippen LogP contribution in [0.2, 0.25) is 0 Å². The zero-order valence-corrected chi connectivity index (χ0v) is 12.2. The van der Waals surface area contributed by atoms with Crippen molar-refractivity contribution >= 4 is 11.8 Å². The summed E-state index contributed by atoms with van der Waals surface area (Å²) < 4.78 is 5.92. The second-order valence-corrected chi connectivity index (χ2v) is 5.51. The molecule has 6 heteroatoms. The topological polar surface area (TPSA) is 111 Å². The molecule has 0 bridgehead atoms. The summed E-state index contributed by atoms with van der Waals surface area (Å²) in [5.74, 6) is 0.691. The minimum atomic E-state index is -0.382. The molecular weight excluding hydrogens is 266 g/mol. The van der Waals surface area contributed by atoms with Crippen molar-refractivity contribution in [2.24, 2.45) is 0 Å². The second kappa shape index (κ2) is 5.29. The van der Waals surface area contributed by atoms with Crippen LogP contribution in [0.4, 0.5) is 11.8 Å². The third-order valence-corrected chi connectivity index (χ3v) is 2.62. The van der Waals surface area contributed by atoms with Crippen LogP contribution in [0.3, 0.4) is 0 Å². The lowest BCUT2D eigenvalue weighted by molar-refractivity contribution is 0.131. The number of benzene rings is 1. The zero-order chi connectivity index (χ0) is 15.6. The predicted octanol–water partition coefficient (Wildman–Crippen LogP) is 2.36. The molecule has 2 rings (SSSR count). The van der Waals surface area contributed by atoms with E-state index < -0.39 is 0 Å². The molecule has 2 aromatic rings. The van der Waals surface area contributed by atoms with E-state index in [2.05, 4.69) is 9.97 Å². The molecule has 0 saturated heterocycles. The van der Waals surface area contributed by atoms with E-state index in [1.807, 2.05) is 51.1 Å². The molecule has 21 heavy (non-hydrogen) atoms. The molecular formula is C15H17N5O. The molecule has 108 valence electrons. The molecule has 0 spiro atoms. The van der Waals surface area contributed by atoms with Gasteiger partial charge < -0.3 is 16.2 Å². The molecule has 0 radical (unpaired) electrons. The van der Waals surface area contributed by atoms with E-state index in [1.165, 1.54) is 0 Å². The van der Waals surface area contributed by atoms with Gasteiger partial charge in [0.2, 0.25) is 5.95 Å². The molecule has 1 aromatic heterocycles. The van der Waals surface area contributed by atoms with Crippen molar-refractivity contribution in [3.05, 3.63) is 29.8 Å². The first-order valence-corrected chi connectivity index (χ1v) is 6.43. The van der Waals surface area contributed by atoms with E-state index >= 15 is 0 Å². The van der Waals surface area contributed by atoms with Crippen LogP contribution in [-0.2, 0) is 0 Å². The number of anilines is 2. The van der Waals surface area contributed by atoms with Crippen molar-refractivity contribution in [2.45, 2.75) is 26.4 Å². The van der Waals surface area contributed by atoms with Crippen LogP contribution in [0.1, 0.15) is 26.3 Å². The first-order valence-electron chi connectivity index (χ1n) is 6.43. The van der Waals surface area contributed by atoms with Crippen molar-refractivity contribution in [3.63, 3.8) is 0 Å². The van der Waals surface area contributed by atoms with Crippen LogP contribution in [0.25, 0.3) is 11.3 Å². The molecule has 0 aliphatic heterocycles. The Morgan fingerprint density at radius 3 is 2.43 bits per heavy atom. The molecule has 1 aromatic carbocycles. The summed E-state index contributed by atoms with van der Waals surface area (Å²) in [6.07, 6.45) is 0. The minimum absolute atomic E-state index is 0.0204. The number of nitrogens with zero attached hydrogens (tertiary/aromatic N) is 3. The first kappa shape index (κ1) is 14.6. The highest BCUT2D eigenvalue weighted by Crippen LogP contribution is 2.34. The number of nitrogen functional groups attached to an aromatic ring is 2. The number of nitriles is 1. The van der Waals surface area contributed by atoms with Gasteiger partial charge in [-0.3, -0.25) is 0 Å². The highest BCUT2D eigenvalue weighted by molar-refractivity contribution is 5.77. The molecule has 0 fully saturated rings. The average Bonchev–Trinajstić information content (AvgIpc) is 2.36. The Kier molecular flexibility index (Phi) is 3.68. The van der Waals surface area contributed by atoms with E-state index in [-0.39, 0.29) is 22.9 Å². The molecule has 6 nitrogen and oxygen atoms in total. The van der Waals surface area contributed by atoms with Gasteiger partial charge in [-0.1, -0.05) is 12.1 Å². The van der Waals surface area contributed by atoms with Gasteiger partial charge in [-0.15, -0.1) is 0 Å². The minimum Gasteiger partial charge on any atom is -0.487 e. The highest BCUT2D eigenvalue weighted by Gasteiger charge is 2.19. The largest absolute Gasteiger partial charge is 0.487 e. The zero-order valence-electron chi connectivity index (χ0n) is 12.2. The molecule has 0 aliphatic carbocycles. The number of nitrogens with two attached hydrogens (primary N) is 2. The van der Waals surface area contributed by atoms with E-state index in [9.17, 15) is 5.26 Å². The van der Waals surface area contributed by atoms with Crippen molar-refractivity contribution in [2.75, 3.05) is 11.5 Å². The van der Waals surface area contributed by atoms with Crippen LogP contribution >= 0.6 is 0 Å². The van der Waals surface area contributed by atoms with Crippen molar-refractivity contribution in [1.82, 2.24) is 9.97 Å². The molecule has 0 saturated carbocycles. The molecule has 0 aliphatic rings. The van der Waals surface area contributed by atoms with Crippen molar-refractivity contribution in [1.29, 1.82) is 5.26 Å². The maximum absolute atomic E-state index is 9.28. The molecule has 0 unspecified atom stereocenters. The highest BCUT2D eigenvalue weighted by atomic mass is 16.5. The van der Waals surface area contributed by atoms with Crippen molar-refractivity contribution in [3.8, 4) is 23.1 Å².